The average Bonchev–Trinajstić information content (AvgIpc) is 2.37. The second kappa shape index (κ2) is 6.86. The van der Waals surface area contributed by atoms with Crippen LogP contribution in [-0.4, -0.2) is 14.3 Å². The predicted molar refractivity (Wildman–Crippen MR) is 88.1 cm³/mol. The number of rotatable bonds is 4. The van der Waals surface area contributed by atoms with Crippen LogP contribution in [0.1, 0.15) is 59.3 Å². The standard InChI is InChI=1S/C16H26N2O2S/c1-16(2,3)21-13-11-14(19)18(15(20)17-13)10-9-12-7-5-4-6-8-12/h11-12H,4-10H2,1-3H3,(H,17,20). The molecule has 4 nitrogen and oxygen atoms in total. The largest absolute Gasteiger partial charge is 0.329 e. The van der Waals surface area contributed by atoms with Gasteiger partial charge in [-0.15, -0.1) is 11.8 Å². The van der Waals surface area contributed by atoms with E-state index in [1.165, 1.54) is 48.4 Å². The molecular formula is C16H26N2O2S. The second-order valence-corrected chi connectivity index (χ2v) is 8.80. The van der Waals surface area contributed by atoms with E-state index in [2.05, 4.69) is 25.8 Å². The van der Waals surface area contributed by atoms with E-state index in [-0.39, 0.29) is 16.0 Å². The molecule has 2 rings (SSSR count). The third-order valence-electron chi connectivity index (χ3n) is 3.90. The molecule has 1 aromatic heterocycles. The summed E-state index contributed by atoms with van der Waals surface area (Å²) in [7, 11) is 0. The van der Waals surface area contributed by atoms with Gasteiger partial charge in [-0.25, -0.2) is 4.79 Å². The summed E-state index contributed by atoms with van der Waals surface area (Å²) >= 11 is 1.52. The lowest BCUT2D eigenvalue weighted by Crippen LogP contribution is -2.35. The molecule has 0 saturated heterocycles. The SMILES string of the molecule is CC(C)(C)Sc1cc(=O)n(CCC2CCCCC2)c(=O)[nH]1. The molecule has 0 spiro atoms. The minimum atomic E-state index is -0.273. The van der Waals surface area contributed by atoms with Gasteiger partial charge in [-0.05, 0) is 12.3 Å². The molecule has 1 saturated carbocycles. The number of H-pyrrole nitrogens is 1. The van der Waals surface area contributed by atoms with Crippen LogP contribution in [0.15, 0.2) is 20.7 Å². The summed E-state index contributed by atoms with van der Waals surface area (Å²) in [4.78, 5) is 27.1. The van der Waals surface area contributed by atoms with Crippen LogP contribution in [0, 0.1) is 5.92 Å². The van der Waals surface area contributed by atoms with Crippen molar-refractivity contribution in [2.45, 2.75) is 75.6 Å². The Labute approximate surface area is 130 Å². The van der Waals surface area contributed by atoms with Crippen molar-refractivity contribution < 1.29 is 0 Å². The highest BCUT2D eigenvalue weighted by atomic mass is 32.2. The molecule has 0 unspecified atom stereocenters. The van der Waals surface area contributed by atoms with Crippen molar-refractivity contribution in [1.29, 1.82) is 0 Å². The first-order chi connectivity index (χ1) is 9.85. The number of aromatic nitrogens is 2. The van der Waals surface area contributed by atoms with Crippen molar-refractivity contribution in [2.24, 2.45) is 5.92 Å². The van der Waals surface area contributed by atoms with Crippen molar-refractivity contribution in [3.05, 3.63) is 26.9 Å². The van der Waals surface area contributed by atoms with Crippen molar-refractivity contribution in [3.63, 3.8) is 0 Å². The molecule has 1 N–H and O–H groups in total. The van der Waals surface area contributed by atoms with Crippen LogP contribution in [0.3, 0.4) is 0 Å². The molecule has 0 aromatic carbocycles. The van der Waals surface area contributed by atoms with Gasteiger partial charge in [-0.2, -0.15) is 0 Å². The fourth-order valence-corrected chi connectivity index (χ4v) is 3.84. The number of hydrogen-bond acceptors (Lipinski definition) is 3. The molecule has 21 heavy (non-hydrogen) atoms. The van der Waals surface area contributed by atoms with Gasteiger partial charge >= 0.3 is 5.69 Å². The summed E-state index contributed by atoms with van der Waals surface area (Å²) in [5, 5.41) is 0.659. The minimum Gasteiger partial charge on any atom is -0.302 e. The van der Waals surface area contributed by atoms with Crippen LogP contribution in [0.5, 0.6) is 0 Å². The summed E-state index contributed by atoms with van der Waals surface area (Å²) < 4.78 is 1.32. The molecule has 0 amide bonds. The molecule has 1 aliphatic carbocycles. The highest BCUT2D eigenvalue weighted by molar-refractivity contribution is 8.00. The molecule has 0 aliphatic heterocycles. The van der Waals surface area contributed by atoms with Crippen LogP contribution in [-0.2, 0) is 6.54 Å². The third kappa shape index (κ3) is 5.06. The van der Waals surface area contributed by atoms with Gasteiger partial charge in [0.25, 0.3) is 5.56 Å². The Hall–Kier alpha value is -0.970. The Morgan fingerprint density at radius 3 is 2.48 bits per heavy atom. The molecule has 0 radical (unpaired) electrons. The average molecular weight is 310 g/mol. The maximum absolute atomic E-state index is 12.1. The monoisotopic (exact) mass is 310 g/mol. The highest BCUT2D eigenvalue weighted by Crippen LogP contribution is 2.29. The lowest BCUT2D eigenvalue weighted by atomic mass is 9.87. The van der Waals surface area contributed by atoms with Gasteiger partial charge in [-0.1, -0.05) is 52.9 Å². The van der Waals surface area contributed by atoms with Gasteiger partial charge in [0.15, 0.2) is 0 Å². The van der Waals surface area contributed by atoms with Gasteiger partial charge < -0.3 is 4.98 Å². The summed E-state index contributed by atoms with van der Waals surface area (Å²) in [6.07, 6.45) is 7.33. The fourth-order valence-electron chi connectivity index (χ4n) is 2.88. The lowest BCUT2D eigenvalue weighted by molar-refractivity contribution is 0.320. The topological polar surface area (TPSA) is 54.9 Å². The Morgan fingerprint density at radius 1 is 1.24 bits per heavy atom. The number of aromatic amines is 1. The molecule has 1 aromatic rings. The zero-order valence-electron chi connectivity index (χ0n) is 13.3. The number of nitrogens with one attached hydrogen (secondary N) is 1. The second-order valence-electron chi connectivity index (χ2n) is 6.94. The summed E-state index contributed by atoms with van der Waals surface area (Å²) in [6, 6.07) is 1.55. The molecule has 0 atom stereocenters. The summed E-state index contributed by atoms with van der Waals surface area (Å²) in [5.74, 6) is 0.675. The van der Waals surface area contributed by atoms with Crippen molar-refractivity contribution in [1.82, 2.24) is 9.55 Å². The van der Waals surface area contributed by atoms with E-state index in [1.807, 2.05) is 0 Å². The maximum atomic E-state index is 12.1. The smallest absolute Gasteiger partial charge is 0.302 e. The first-order valence-corrected chi connectivity index (χ1v) is 8.70. The Balaban J connectivity index is 2.06. The van der Waals surface area contributed by atoms with Crippen LogP contribution >= 0.6 is 11.8 Å². The van der Waals surface area contributed by atoms with E-state index < -0.39 is 0 Å². The molecule has 118 valence electrons. The molecular weight excluding hydrogens is 284 g/mol. The van der Waals surface area contributed by atoms with Gasteiger partial charge in [0.2, 0.25) is 0 Å². The minimum absolute atomic E-state index is 0.0241. The number of nitrogens with zero attached hydrogens (tertiary/aromatic N) is 1. The number of hydrogen-bond donors (Lipinski definition) is 1. The highest BCUT2D eigenvalue weighted by Gasteiger charge is 2.16. The van der Waals surface area contributed by atoms with Crippen LogP contribution < -0.4 is 11.2 Å². The van der Waals surface area contributed by atoms with E-state index in [0.717, 1.165) is 6.42 Å². The van der Waals surface area contributed by atoms with Crippen LogP contribution in [0.4, 0.5) is 0 Å². The predicted octanol–water partition coefficient (Wildman–Crippen LogP) is 3.40. The van der Waals surface area contributed by atoms with Crippen LogP contribution in [0.2, 0.25) is 0 Å². The molecule has 1 heterocycles. The van der Waals surface area contributed by atoms with Gasteiger partial charge in [0.1, 0.15) is 0 Å². The fraction of sp³-hybridized carbons (Fsp3) is 0.750. The Kier molecular flexibility index (Phi) is 5.36. The van der Waals surface area contributed by atoms with Crippen molar-refractivity contribution in [3.8, 4) is 0 Å². The van der Waals surface area contributed by atoms with E-state index in [0.29, 0.717) is 17.5 Å². The quantitative estimate of drug-likeness (QED) is 0.685. The van der Waals surface area contributed by atoms with Crippen LogP contribution in [0.25, 0.3) is 0 Å². The Bertz CT molecular complexity index is 546. The summed E-state index contributed by atoms with van der Waals surface area (Å²) in [6.45, 7) is 6.72. The molecule has 5 heteroatoms. The maximum Gasteiger partial charge on any atom is 0.329 e. The van der Waals surface area contributed by atoms with Gasteiger partial charge in [-0.3, -0.25) is 9.36 Å². The van der Waals surface area contributed by atoms with E-state index in [9.17, 15) is 9.59 Å². The lowest BCUT2D eigenvalue weighted by Gasteiger charge is -2.21. The molecule has 1 fully saturated rings. The van der Waals surface area contributed by atoms with Gasteiger partial charge in [0.05, 0.1) is 5.03 Å². The third-order valence-corrected chi connectivity index (χ3v) is 4.95. The molecule has 0 bridgehead atoms. The van der Waals surface area contributed by atoms with Crippen molar-refractivity contribution >= 4 is 11.8 Å². The zero-order chi connectivity index (χ0) is 15.5. The Morgan fingerprint density at radius 2 is 1.90 bits per heavy atom. The zero-order valence-corrected chi connectivity index (χ0v) is 14.1. The first kappa shape index (κ1) is 16.4. The normalized spacial score (nSPS) is 17.1. The summed E-state index contributed by atoms with van der Waals surface area (Å²) in [5.41, 5.74) is -0.452. The first-order valence-electron chi connectivity index (χ1n) is 7.88. The number of thioether (sulfide) groups is 1. The van der Waals surface area contributed by atoms with E-state index >= 15 is 0 Å². The van der Waals surface area contributed by atoms with E-state index in [4.69, 9.17) is 0 Å². The van der Waals surface area contributed by atoms with Crippen molar-refractivity contribution in [2.75, 3.05) is 0 Å². The van der Waals surface area contributed by atoms with Gasteiger partial charge in [0, 0.05) is 17.4 Å². The van der Waals surface area contributed by atoms with E-state index in [1.54, 1.807) is 6.07 Å². The molecule has 1 aliphatic rings.